The van der Waals surface area contributed by atoms with Crippen LogP contribution in [0.3, 0.4) is 0 Å². The van der Waals surface area contributed by atoms with Gasteiger partial charge in [0.1, 0.15) is 16.5 Å². The van der Waals surface area contributed by atoms with Crippen LogP contribution in [0.1, 0.15) is 31.7 Å². The minimum atomic E-state index is -3.76. The van der Waals surface area contributed by atoms with Crippen molar-refractivity contribution in [3.63, 3.8) is 0 Å². The van der Waals surface area contributed by atoms with Gasteiger partial charge >= 0.3 is 0 Å². The van der Waals surface area contributed by atoms with Gasteiger partial charge in [-0.1, -0.05) is 6.92 Å². The SMILES string of the molecule is CCC(=O)Nc1cc(-c2cnc(N)c(S(=O)(=O)NCC3CC3)c2C)ccn1. The summed E-state index contributed by atoms with van der Waals surface area (Å²) in [5.41, 5.74) is 7.71. The largest absolute Gasteiger partial charge is 0.383 e. The fourth-order valence-corrected chi connectivity index (χ4v) is 4.19. The van der Waals surface area contributed by atoms with E-state index >= 15 is 0 Å². The van der Waals surface area contributed by atoms with Gasteiger partial charge < -0.3 is 11.1 Å². The topological polar surface area (TPSA) is 127 Å². The quantitative estimate of drug-likeness (QED) is 0.665. The molecule has 1 fully saturated rings. The minimum Gasteiger partial charge on any atom is -0.383 e. The number of rotatable bonds is 7. The van der Waals surface area contributed by atoms with Crippen LogP contribution in [0.5, 0.6) is 0 Å². The lowest BCUT2D eigenvalue weighted by molar-refractivity contribution is -0.115. The summed E-state index contributed by atoms with van der Waals surface area (Å²) in [6, 6.07) is 3.41. The Bertz CT molecular complexity index is 971. The maximum absolute atomic E-state index is 12.7. The summed E-state index contributed by atoms with van der Waals surface area (Å²) in [6.07, 6.45) is 5.50. The zero-order chi connectivity index (χ0) is 19.6. The molecular weight excluding hydrogens is 366 g/mol. The molecule has 0 aromatic carbocycles. The van der Waals surface area contributed by atoms with Crippen molar-refractivity contribution in [3.05, 3.63) is 30.1 Å². The fraction of sp³-hybridized carbons (Fsp3) is 0.389. The van der Waals surface area contributed by atoms with E-state index in [1.165, 1.54) is 6.20 Å². The first-order chi connectivity index (χ1) is 12.8. The molecule has 0 aliphatic heterocycles. The van der Waals surface area contributed by atoms with Crippen molar-refractivity contribution in [2.24, 2.45) is 5.92 Å². The van der Waals surface area contributed by atoms with Crippen LogP contribution < -0.4 is 15.8 Å². The summed E-state index contributed by atoms with van der Waals surface area (Å²) in [7, 11) is -3.76. The van der Waals surface area contributed by atoms with Crippen LogP contribution in [0.25, 0.3) is 11.1 Å². The molecule has 9 heteroatoms. The standard InChI is InChI=1S/C18H23N5O3S/c1-3-16(24)23-15-8-13(6-7-20-15)14-10-21-18(19)17(11(14)2)27(25,26)22-9-12-4-5-12/h6-8,10,12,22H,3-5,9H2,1-2H3,(H2,19,21)(H,20,23,24). The number of nitrogen functional groups attached to an aromatic ring is 1. The van der Waals surface area contributed by atoms with Gasteiger partial charge in [-0.15, -0.1) is 0 Å². The highest BCUT2D eigenvalue weighted by atomic mass is 32.2. The van der Waals surface area contributed by atoms with Crippen LogP contribution in [0, 0.1) is 12.8 Å². The summed E-state index contributed by atoms with van der Waals surface area (Å²) in [5, 5.41) is 2.69. The molecule has 1 aliphatic rings. The smallest absolute Gasteiger partial charge is 0.244 e. The first kappa shape index (κ1) is 19.2. The van der Waals surface area contributed by atoms with Crippen molar-refractivity contribution in [3.8, 4) is 11.1 Å². The Morgan fingerprint density at radius 2 is 2.07 bits per heavy atom. The van der Waals surface area contributed by atoms with E-state index < -0.39 is 10.0 Å². The summed E-state index contributed by atoms with van der Waals surface area (Å²) < 4.78 is 28.1. The molecule has 144 valence electrons. The second-order valence-corrected chi connectivity index (χ2v) is 8.34. The van der Waals surface area contributed by atoms with Gasteiger partial charge in [0.2, 0.25) is 15.9 Å². The molecule has 0 unspecified atom stereocenters. The fourth-order valence-electron chi connectivity index (χ4n) is 2.75. The normalized spacial score (nSPS) is 14.1. The third kappa shape index (κ3) is 4.42. The van der Waals surface area contributed by atoms with E-state index in [9.17, 15) is 13.2 Å². The lowest BCUT2D eigenvalue weighted by atomic mass is 10.0. The molecule has 1 saturated carbocycles. The average Bonchev–Trinajstić information content (AvgIpc) is 3.44. The highest BCUT2D eigenvalue weighted by Gasteiger charge is 2.27. The number of sulfonamides is 1. The maximum atomic E-state index is 12.7. The Hall–Kier alpha value is -2.52. The molecule has 0 radical (unpaired) electrons. The number of hydrogen-bond donors (Lipinski definition) is 3. The zero-order valence-electron chi connectivity index (χ0n) is 15.3. The number of nitrogens with one attached hydrogen (secondary N) is 2. The third-order valence-electron chi connectivity index (χ3n) is 4.50. The van der Waals surface area contributed by atoms with E-state index in [4.69, 9.17) is 5.73 Å². The molecule has 1 amide bonds. The van der Waals surface area contributed by atoms with Crippen LogP contribution in [-0.4, -0.2) is 30.8 Å². The molecule has 0 spiro atoms. The second kappa shape index (κ2) is 7.61. The maximum Gasteiger partial charge on any atom is 0.244 e. The Kier molecular flexibility index (Phi) is 5.43. The Labute approximate surface area is 158 Å². The van der Waals surface area contributed by atoms with Crippen LogP contribution in [0.2, 0.25) is 0 Å². The molecule has 8 nitrogen and oxygen atoms in total. The summed E-state index contributed by atoms with van der Waals surface area (Å²) in [5.74, 6) is 0.613. The summed E-state index contributed by atoms with van der Waals surface area (Å²) >= 11 is 0. The first-order valence-electron chi connectivity index (χ1n) is 8.82. The van der Waals surface area contributed by atoms with E-state index in [0.29, 0.717) is 41.4 Å². The lowest BCUT2D eigenvalue weighted by Crippen LogP contribution is -2.27. The van der Waals surface area contributed by atoms with E-state index in [1.54, 1.807) is 32.2 Å². The number of aromatic nitrogens is 2. The molecule has 0 bridgehead atoms. The number of hydrogen-bond acceptors (Lipinski definition) is 6. The van der Waals surface area contributed by atoms with Crippen molar-refractivity contribution >= 4 is 27.6 Å². The van der Waals surface area contributed by atoms with Gasteiger partial charge in [0, 0.05) is 30.9 Å². The van der Waals surface area contributed by atoms with Gasteiger partial charge in [0.15, 0.2) is 0 Å². The lowest BCUT2D eigenvalue weighted by Gasteiger charge is -2.15. The molecule has 27 heavy (non-hydrogen) atoms. The molecule has 2 aromatic heterocycles. The van der Waals surface area contributed by atoms with Crippen molar-refractivity contribution in [1.82, 2.24) is 14.7 Å². The second-order valence-electron chi connectivity index (χ2n) is 6.64. The van der Waals surface area contributed by atoms with Gasteiger partial charge in [-0.05, 0) is 48.9 Å². The zero-order valence-corrected chi connectivity index (χ0v) is 16.1. The number of nitrogens with two attached hydrogens (primary N) is 1. The highest BCUT2D eigenvalue weighted by molar-refractivity contribution is 7.89. The van der Waals surface area contributed by atoms with E-state index in [0.717, 1.165) is 12.8 Å². The monoisotopic (exact) mass is 389 g/mol. The van der Waals surface area contributed by atoms with Gasteiger partial charge in [-0.25, -0.2) is 23.1 Å². The van der Waals surface area contributed by atoms with E-state index in [-0.39, 0.29) is 16.6 Å². The van der Waals surface area contributed by atoms with Crippen LogP contribution >= 0.6 is 0 Å². The summed E-state index contributed by atoms with van der Waals surface area (Å²) in [6.45, 7) is 3.86. The molecule has 4 N–H and O–H groups in total. The predicted molar refractivity (Wildman–Crippen MR) is 103 cm³/mol. The number of anilines is 2. The third-order valence-corrected chi connectivity index (χ3v) is 6.10. The molecule has 2 heterocycles. The van der Waals surface area contributed by atoms with Gasteiger partial charge in [-0.2, -0.15) is 0 Å². The van der Waals surface area contributed by atoms with E-state index in [2.05, 4.69) is 20.0 Å². The van der Waals surface area contributed by atoms with Crippen molar-refractivity contribution < 1.29 is 13.2 Å². The molecule has 0 saturated heterocycles. The van der Waals surface area contributed by atoms with Crippen LogP contribution in [0.15, 0.2) is 29.4 Å². The summed E-state index contributed by atoms with van der Waals surface area (Å²) in [4.78, 5) is 19.8. The Morgan fingerprint density at radius 3 is 2.74 bits per heavy atom. The van der Waals surface area contributed by atoms with Gasteiger partial charge in [-0.3, -0.25) is 4.79 Å². The van der Waals surface area contributed by atoms with Crippen molar-refractivity contribution in [2.75, 3.05) is 17.6 Å². The predicted octanol–water partition coefficient (Wildman–Crippen LogP) is 2.07. The molecule has 2 aromatic rings. The average molecular weight is 389 g/mol. The Balaban J connectivity index is 1.97. The number of pyridine rings is 2. The van der Waals surface area contributed by atoms with Gasteiger partial charge in [0.05, 0.1) is 0 Å². The molecule has 1 aliphatic carbocycles. The molecule has 3 rings (SSSR count). The van der Waals surface area contributed by atoms with Gasteiger partial charge in [0.25, 0.3) is 0 Å². The van der Waals surface area contributed by atoms with Crippen molar-refractivity contribution in [1.29, 1.82) is 0 Å². The van der Waals surface area contributed by atoms with Crippen LogP contribution in [0.4, 0.5) is 11.6 Å². The van der Waals surface area contributed by atoms with Crippen molar-refractivity contribution in [2.45, 2.75) is 38.0 Å². The number of amides is 1. The highest BCUT2D eigenvalue weighted by Crippen LogP contribution is 2.32. The minimum absolute atomic E-state index is 0.00314. The number of carbonyl (C=O) groups is 1. The molecule has 0 atom stereocenters. The number of nitrogens with zero attached hydrogens (tertiary/aromatic N) is 2. The van der Waals surface area contributed by atoms with E-state index in [1.807, 2.05) is 0 Å². The number of carbonyl (C=O) groups excluding carboxylic acids is 1. The molecular formula is C18H23N5O3S. The van der Waals surface area contributed by atoms with Crippen LogP contribution in [-0.2, 0) is 14.8 Å². The Morgan fingerprint density at radius 1 is 1.33 bits per heavy atom. The first-order valence-corrected chi connectivity index (χ1v) is 10.3.